The molecule has 3 amide bonds. The lowest BCUT2D eigenvalue weighted by molar-refractivity contribution is -0.192. The molecule has 2 aromatic rings. The van der Waals surface area contributed by atoms with Crippen LogP contribution in [0.2, 0.25) is 0 Å². The van der Waals surface area contributed by atoms with Crippen molar-refractivity contribution in [2.45, 2.75) is 35.3 Å². The number of methoxy groups -OCH3 is 1. The summed E-state index contributed by atoms with van der Waals surface area (Å²) in [4.78, 5) is 63.3. The highest BCUT2D eigenvalue weighted by Gasteiger charge is 2.66. The second-order valence-electron chi connectivity index (χ2n) is 8.90. The van der Waals surface area contributed by atoms with Crippen molar-refractivity contribution in [1.29, 1.82) is 0 Å². The number of aromatic nitrogens is 4. The standard InChI is InChI=1S/C22H26N8O9S3/c1-29-20(26-27-28-29)41-9-10-8-40-19-22(38-2,18(36)30(19)15(10)17(34)35)25-14(31)5-11-3-4-12(42-11)6-24-21(37)39-7-13(23)16(32)33/h3-4,13,19H,5-9,23H2,1-2H3,(H,24,37)(H,25,31)(H,32,33)(H,34,35)/t13-,19+,22+/m1/s1. The highest BCUT2D eigenvalue weighted by atomic mass is 32.2. The van der Waals surface area contributed by atoms with Crippen molar-refractivity contribution in [2.24, 2.45) is 12.8 Å². The van der Waals surface area contributed by atoms with Gasteiger partial charge in [-0.15, -0.1) is 28.2 Å². The molecule has 3 atom stereocenters. The number of alkyl carbamates (subject to hydrolysis) is 1. The Hall–Kier alpha value is -3.72. The minimum atomic E-state index is -1.74. The summed E-state index contributed by atoms with van der Waals surface area (Å²) in [6.45, 7) is -0.419. The van der Waals surface area contributed by atoms with Gasteiger partial charge in [-0.05, 0) is 28.1 Å². The number of nitrogens with zero attached hydrogens (tertiary/aromatic N) is 5. The summed E-state index contributed by atoms with van der Waals surface area (Å²) < 4.78 is 11.7. The average Bonchev–Trinajstić information content (AvgIpc) is 3.59. The number of β-lactam (4-membered cyclic amide) rings is 1. The number of nitrogens with two attached hydrogens (primary N) is 1. The number of carboxylic acids is 2. The number of rotatable bonds is 13. The number of thiophene rings is 1. The van der Waals surface area contributed by atoms with E-state index in [2.05, 4.69) is 26.2 Å². The monoisotopic (exact) mass is 642 g/mol. The van der Waals surface area contributed by atoms with Crippen LogP contribution in [0.3, 0.4) is 0 Å². The zero-order valence-electron chi connectivity index (χ0n) is 22.1. The molecule has 42 heavy (non-hydrogen) atoms. The van der Waals surface area contributed by atoms with Gasteiger partial charge in [0.15, 0.2) is 0 Å². The van der Waals surface area contributed by atoms with Crippen LogP contribution in [0.5, 0.6) is 0 Å². The van der Waals surface area contributed by atoms with Crippen LogP contribution in [-0.4, -0.2) is 108 Å². The molecule has 0 saturated carbocycles. The maximum atomic E-state index is 13.3. The zero-order valence-corrected chi connectivity index (χ0v) is 24.6. The van der Waals surface area contributed by atoms with Crippen LogP contribution in [0.1, 0.15) is 9.75 Å². The van der Waals surface area contributed by atoms with E-state index in [0.717, 1.165) is 4.90 Å². The number of amides is 3. The summed E-state index contributed by atoms with van der Waals surface area (Å²) in [6.07, 6.45) is -0.949. The van der Waals surface area contributed by atoms with Gasteiger partial charge in [0.2, 0.25) is 11.1 Å². The molecule has 0 aliphatic carbocycles. The number of hydrogen-bond acceptors (Lipinski definition) is 14. The Labute approximate surface area is 250 Å². The third-order valence-electron chi connectivity index (χ3n) is 6.09. The third kappa shape index (κ3) is 6.51. The van der Waals surface area contributed by atoms with Crippen molar-refractivity contribution in [3.05, 3.63) is 33.2 Å². The normalized spacial score (nSPS) is 20.4. The Morgan fingerprint density at radius 1 is 1.29 bits per heavy atom. The summed E-state index contributed by atoms with van der Waals surface area (Å²) in [6, 6.07) is 2.04. The molecule has 0 bridgehead atoms. The lowest BCUT2D eigenvalue weighted by Gasteiger charge is -2.55. The largest absolute Gasteiger partial charge is 0.480 e. The fourth-order valence-corrected chi connectivity index (χ4v) is 7.40. The second kappa shape index (κ2) is 13.1. The first-order valence-electron chi connectivity index (χ1n) is 12.0. The molecule has 226 valence electrons. The lowest BCUT2D eigenvalue weighted by atomic mass is 9.98. The number of thioether (sulfide) groups is 2. The van der Waals surface area contributed by atoms with Crippen LogP contribution in [0.4, 0.5) is 4.79 Å². The topological polar surface area (TPSA) is 241 Å². The molecule has 1 fully saturated rings. The highest BCUT2D eigenvalue weighted by Crippen LogP contribution is 2.47. The minimum Gasteiger partial charge on any atom is -0.480 e. The first-order valence-corrected chi connectivity index (χ1v) is 14.9. The molecule has 2 aromatic heterocycles. The van der Waals surface area contributed by atoms with Gasteiger partial charge in [0.05, 0.1) is 13.0 Å². The van der Waals surface area contributed by atoms with Gasteiger partial charge in [-0.25, -0.2) is 14.3 Å². The van der Waals surface area contributed by atoms with Gasteiger partial charge in [-0.3, -0.25) is 19.3 Å². The summed E-state index contributed by atoms with van der Waals surface area (Å²) in [5.74, 6) is -3.27. The van der Waals surface area contributed by atoms with E-state index in [1.807, 2.05) is 0 Å². The predicted molar refractivity (Wildman–Crippen MR) is 147 cm³/mol. The van der Waals surface area contributed by atoms with Gasteiger partial charge in [0.1, 0.15) is 23.7 Å². The van der Waals surface area contributed by atoms with E-state index in [-0.39, 0.29) is 30.2 Å². The smallest absolute Gasteiger partial charge is 0.407 e. The number of carboxylic acid groups (broad SMARTS) is 2. The van der Waals surface area contributed by atoms with E-state index in [4.69, 9.17) is 20.3 Å². The Morgan fingerprint density at radius 3 is 2.67 bits per heavy atom. The Bertz CT molecular complexity index is 1430. The van der Waals surface area contributed by atoms with E-state index < -0.39 is 53.6 Å². The Balaban J connectivity index is 1.35. The number of hydrogen-bond donors (Lipinski definition) is 5. The minimum absolute atomic E-state index is 0.0691. The van der Waals surface area contributed by atoms with E-state index in [9.17, 15) is 29.1 Å². The van der Waals surface area contributed by atoms with Gasteiger partial charge < -0.3 is 36.1 Å². The number of tetrazole rings is 1. The molecule has 4 rings (SSSR count). The first-order chi connectivity index (χ1) is 20.0. The van der Waals surface area contributed by atoms with Crippen LogP contribution in [0, 0.1) is 0 Å². The molecule has 0 unspecified atom stereocenters. The molecular weight excluding hydrogens is 616 g/mol. The van der Waals surface area contributed by atoms with E-state index in [1.54, 1.807) is 19.2 Å². The van der Waals surface area contributed by atoms with Crippen molar-refractivity contribution in [3.63, 3.8) is 0 Å². The molecule has 17 nitrogen and oxygen atoms in total. The fraction of sp³-hybridized carbons (Fsp3) is 0.455. The number of ether oxygens (including phenoxy) is 2. The van der Waals surface area contributed by atoms with Gasteiger partial charge in [0, 0.05) is 35.4 Å². The fourth-order valence-electron chi connectivity index (χ4n) is 4.02. The molecule has 2 aliphatic rings. The first kappa shape index (κ1) is 31.2. The molecule has 4 heterocycles. The highest BCUT2D eigenvalue weighted by molar-refractivity contribution is 8.01. The van der Waals surface area contributed by atoms with Crippen molar-refractivity contribution in [1.82, 2.24) is 35.7 Å². The predicted octanol–water partition coefficient (Wildman–Crippen LogP) is -1.04. The van der Waals surface area contributed by atoms with Crippen molar-refractivity contribution >= 4 is 64.7 Å². The van der Waals surface area contributed by atoms with Crippen LogP contribution in [-0.2, 0) is 48.7 Å². The summed E-state index contributed by atoms with van der Waals surface area (Å²) >= 11 is 3.74. The van der Waals surface area contributed by atoms with Crippen LogP contribution < -0.4 is 16.4 Å². The van der Waals surface area contributed by atoms with Crippen molar-refractivity contribution in [3.8, 4) is 0 Å². The van der Waals surface area contributed by atoms with Crippen molar-refractivity contribution in [2.75, 3.05) is 25.2 Å². The van der Waals surface area contributed by atoms with E-state index in [0.29, 0.717) is 20.5 Å². The molecule has 20 heteroatoms. The maximum absolute atomic E-state index is 13.3. The summed E-state index contributed by atoms with van der Waals surface area (Å²) in [5.41, 5.74) is 3.89. The van der Waals surface area contributed by atoms with Gasteiger partial charge in [-0.2, -0.15) is 0 Å². The number of aryl methyl sites for hydroxylation is 1. The Morgan fingerprint density at radius 2 is 2.02 bits per heavy atom. The summed E-state index contributed by atoms with van der Waals surface area (Å²) in [7, 11) is 2.92. The molecule has 0 radical (unpaired) electrons. The molecule has 2 aliphatic heterocycles. The average molecular weight is 643 g/mol. The van der Waals surface area contributed by atoms with Crippen LogP contribution in [0.25, 0.3) is 0 Å². The SMILES string of the molecule is CO[C@@]1(NC(=O)Cc2ccc(CNC(=O)OC[C@@H](N)C(=O)O)s2)C(=O)N2C(C(=O)O)=C(CSc3nnnn3C)CS[C@H]21. The quantitative estimate of drug-likeness (QED) is 0.0995. The van der Waals surface area contributed by atoms with E-state index >= 15 is 0 Å². The molecule has 0 aromatic carbocycles. The zero-order chi connectivity index (χ0) is 30.6. The lowest BCUT2D eigenvalue weighted by Crippen LogP contribution is -2.80. The molecule has 0 spiro atoms. The number of fused-ring (bicyclic) bond motifs is 1. The van der Waals surface area contributed by atoms with Crippen molar-refractivity contribution < 1.29 is 43.7 Å². The number of carbonyl (C=O) groups is 5. The van der Waals surface area contributed by atoms with E-state index in [1.165, 1.54) is 46.7 Å². The van der Waals surface area contributed by atoms with Crippen LogP contribution >= 0.6 is 34.9 Å². The van der Waals surface area contributed by atoms with Gasteiger partial charge in [-0.1, -0.05) is 11.8 Å². The van der Waals surface area contributed by atoms with Gasteiger partial charge in [0.25, 0.3) is 11.6 Å². The maximum Gasteiger partial charge on any atom is 0.407 e. The second-order valence-corrected chi connectivity index (χ2v) is 12.2. The number of aliphatic carboxylic acids is 2. The summed E-state index contributed by atoms with van der Waals surface area (Å²) in [5, 5.41) is 34.6. The molecule has 1 saturated heterocycles. The van der Waals surface area contributed by atoms with Crippen LogP contribution in [0.15, 0.2) is 28.6 Å². The third-order valence-corrected chi connectivity index (χ3v) is 9.64. The molecule has 6 N–H and O–H groups in total. The molecular formula is C22H26N8O9S3. The number of nitrogens with one attached hydrogen (secondary N) is 2. The Kier molecular flexibility index (Phi) is 9.71. The van der Waals surface area contributed by atoms with Gasteiger partial charge >= 0.3 is 18.0 Å². The number of carbonyl (C=O) groups excluding carboxylic acids is 3.